The van der Waals surface area contributed by atoms with Crippen LogP contribution in [0.5, 0.6) is 0 Å². The molecule has 5 nitrogen and oxygen atoms in total. The minimum absolute atomic E-state index is 0.416. The molecule has 1 unspecified atom stereocenters. The molecule has 0 aliphatic carbocycles. The number of aliphatic hydroxyl groups excluding tert-OH is 4. The molecule has 0 aromatic rings. The molecule has 0 aromatic heterocycles. The van der Waals surface area contributed by atoms with E-state index < -0.39 is 31.6 Å². The Bertz CT molecular complexity index is 119. The van der Waals surface area contributed by atoms with Gasteiger partial charge in [-0.25, -0.2) is 0 Å². The summed E-state index contributed by atoms with van der Waals surface area (Å²) in [5.74, 6) is 0. The maximum atomic E-state index is 9.33. The van der Waals surface area contributed by atoms with Crippen LogP contribution >= 0.6 is 0 Å². The first-order valence-electron chi connectivity index (χ1n) is 4.42. The Morgan fingerprint density at radius 1 is 1.15 bits per heavy atom. The van der Waals surface area contributed by atoms with Gasteiger partial charge in [-0.05, 0) is 6.42 Å². The largest absolute Gasteiger partial charge is 0.394 e. The standard InChI is InChI=1S/C8H19NO4/c1-2-3-7(13)9-8(4-10,5-11)6-12/h7,9-13H,2-6H2,1H3. The van der Waals surface area contributed by atoms with Crippen molar-refractivity contribution < 1.29 is 20.4 Å². The van der Waals surface area contributed by atoms with Gasteiger partial charge in [0.05, 0.1) is 25.4 Å². The Hall–Kier alpha value is -0.200. The number of nitrogens with one attached hydrogen (secondary N) is 1. The van der Waals surface area contributed by atoms with Gasteiger partial charge >= 0.3 is 0 Å². The van der Waals surface area contributed by atoms with Crippen LogP contribution in [0.25, 0.3) is 0 Å². The Morgan fingerprint density at radius 3 is 1.92 bits per heavy atom. The molecule has 0 amide bonds. The quantitative estimate of drug-likeness (QED) is 0.314. The van der Waals surface area contributed by atoms with Gasteiger partial charge in [0.2, 0.25) is 0 Å². The van der Waals surface area contributed by atoms with Crippen molar-refractivity contribution in [3.8, 4) is 0 Å². The molecule has 80 valence electrons. The predicted molar refractivity (Wildman–Crippen MR) is 48.0 cm³/mol. The van der Waals surface area contributed by atoms with Crippen molar-refractivity contribution in [2.45, 2.75) is 31.5 Å². The van der Waals surface area contributed by atoms with E-state index in [9.17, 15) is 5.11 Å². The van der Waals surface area contributed by atoms with E-state index in [1.165, 1.54) is 0 Å². The SMILES string of the molecule is CCCC(O)NC(CO)(CO)CO. The molecule has 5 N–H and O–H groups in total. The summed E-state index contributed by atoms with van der Waals surface area (Å²) in [6, 6.07) is 0. The zero-order valence-corrected chi connectivity index (χ0v) is 7.90. The molecular formula is C8H19NO4. The Morgan fingerprint density at radius 2 is 1.62 bits per heavy atom. The fourth-order valence-electron chi connectivity index (χ4n) is 0.986. The summed E-state index contributed by atoms with van der Waals surface area (Å²) in [5, 5.41) is 38.6. The summed E-state index contributed by atoms with van der Waals surface area (Å²) in [6.07, 6.45) is 0.491. The van der Waals surface area contributed by atoms with E-state index in [1.54, 1.807) is 0 Å². The number of aliphatic hydroxyl groups is 4. The van der Waals surface area contributed by atoms with Crippen molar-refractivity contribution in [3.63, 3.8) is 0 Å². The maximum Gasteiger partial charge on any atom is 0.105 e. The highest BCUT2D eigenvalue weighted by Gasteiger charge is 2.29. The lowest BCUT2D eigenvalue weighted by atomic mass is 10.0. The minimum Gasteiger partial charge on any atom is -0.394 e. The molecular weight excluding hydrogens is 174 g/mol. The summed E-state index contributed by atoms with van der Waals surface area (Å²) in [7, 11) is 0. The normalized spacial score (nSPS) is 14.5. The van der Waals surface area contributed by atoms with E-state index in [0.29, 0.717) is 6.42 Å². The molecule has 0 saturated carbocycles. The lowest BCUT2D eigenvalue weighted by molar-refractivity contribution is -0.00742. The van der Waals surface area contributed by atoms with Crippen molar-refractivity contribution in [2.75, 3.05) is 19.8 Å². The second kappa shape index (κ2) is 6.28. The average Bonchev–Trinajstić information content (AvgIpc) is 2.15. The van der Waals surface area contributed by atoms with Gasteiger partial charge in [-0.15, -0.1) is 0 Å². The van der Waals surface area contributed by atoms with Gasteiger partial charge in [0.1, 0.15) is 6.23 Å². The smallest absolute Gasteiger partial charge is 0.105 e. The van der Waals surface area contributed by atoms with Crippen molar-refractivity contribution >= 4 is 0 Å². The van der Waals surface area contributed by atoms with Crippen LogP contribution in [0.15, 0.2) is 0 Å². The molecule has 0 fully saturated rings. The van der Waals surface area contributed by atoms with E-state index in [-0.39, 0.29) is 0 Å². The molecule has 0 saturated heterocycles. The zero-order chi connectivity index (χ0) is 10.3. The third-order valence-electron chi connectivity index (χ3n) is 1.94. The van der Waals surface area contributed by atoms with Crippen molar-refractivity contribution in [3.05, 3.63) is 0 Å². The number of hydrogen-bond acceptors (Lipinski definition) is 5. The third-order valence-corrected chi connectivity index (χ3v) is 1.94. The lowest BCUT2D eigenvalue weighted by Crippen LogP contribution is -2.58. The molecule has 0 spiro atoms. The second-order valence-electron chi connectivity index (χ2n) is 3.20. The van der Waals surface area contributed by atoms with E-state index in [4.69, 9.17) is 15.3 Å². The lowest BCUT2D eigenvalue weighted by Gasteiger charge is -2.31. The van der Waals surface area contributed by atoms with Crippen molar-refractivity contribution in [1.29, 1.82) is 0 Å². The first-order valence-corrected chi connectivity index (χ1v) is 4.42. The Kier molecular flexibility index (Phi) is 6.19. The molecule has 0 bridgehead atoms. The summed E-state index contributed by atoms with van der Waals surface area (Å²) in [6.45, 7) is 0.658. The molecule has 5 heteroatoms. The van der Waals surface area contributed by atoms with Crippen LogP contribution < -0.4 is 5.32 Å². The predicted octanol–water partition coefficient (Wildman–Crippen LogP) is -1.59. The summed E-state index contributed by atoms with van der Waals surface area (Å²) < 4.78 is 0. The van der Waals surface area contributed by atoms with Gasteiger partial charge in [0.25, 0.3) is 0 Å². The first-order chi connectivity index (χ1) is 6.14. The van der Waals surface area contributed by atoms with Crippen LogP contribution in [0.3, 0.4) is 0 Å². The minimum atomic E-state index is -1.19. The van der Waals surface area contributed by atoms with Gasteiger partial charge in [-0.1, -0.05) is 13.3 Å². The van der Waals surface area contributed by atoms with Crippen molar-refractivity contribution in [1.82, 2.24) is 5.32 Å². The summed E-state index contributed by atoms with van der Waals surface area (Å²) in [4.78, 5) is 0. The molecule has 1 atom stereocenters. The first kappa shape index (κ1) is 12.8. The van der Waals surface area contributed by atoms with E-state index in [1.807, 2.05) is 6.92 Å². The van der Waals surface area contributed by atoms with Crippen molar-refractivity contribution in [2.24, 2.45) is 0 Å². The van der Waals surface area contributed by atoms with Crippen LogP contribution in [-0.2, 0) is 0 Å². The van der Waals surface area contributed by atoms with E-state index >= 15 is 0 Å². The molecule has 0 aliphatic rings. The van der Waals surface area contributed by atoms with E-state index in [2.05, 4.69) is 5.32 Å². The van der Waals surface area contributed by atoms with Crippen LogP contribution in [-0.4, -0.2) is 52.0 Å². The van der Waals surface area contributed by atoms with Gasteiger partial charge in [0, 0.05) is 0 Å². The van der Waals surface area contributed by atoms with Crippen LogP contribution in [0.1, 0.15) is 19.8 Å². The average molecular weight is 193 g/mol. The Balaban J connectivity index is 4.07. The second-order valence-corrected chi connectivity index (χ2v) is 3.20. The summed E-state index contributed by atoms with van der Waals surface area (Å²) in [5.41, 5.74) is -1.19. The van der Waals surface area contributed by atoms with Gasteiger partial charge in [-0.3, -0.25) is 5.32 Å². The van der Waals surface area contributed by atoms with E-state index in [0.717, 1.165) is 6.42 Å². The molecule has 0 aromatic carbocycles. The molecule has 0 heterocycles. The Labute approximate surface area is 78.0 Å². The summed E-state index contributed by atoms with van der Waals surface area (Å²) >= 11 is 0. The highest BCUT2D eigenvalue weighted by molar-refractivity contribution is 4.86. The molecule has 13 heavy (non-hydrogen) atoms. The monoisotopic (exact) mass is 193 g/mol. The fraction of sp³-hybridized carbons (Fsp3) is 1.00. The molecule has 0 aliphatic heterocycles. The van der Waals surface area contributed by atoms with Gasteiger partial charge in [0.15, 0.2) is 0 Å². The van der Waals surface area contributed by atoms with Gasteiger partial charge < -0.3 is 20.4 Å². The molecule has 0 rings (SSSR count). The zero-order valence-electron chi connectivity index (χ0n) is 7.90. The maximum absolute atomic E-state index is 9.33. The van der Waals surface area contributed by atoms with Crippen LogP contribution in [0, 0.1) is 0 Å². The number of rotatable bonds is 7. The van der Waals surface area contributed by atoms with Crippen LogP contribution in [0.4, 0.5) is 0 Å². The number of hydrogen-bond donors (Lipinski definition) is 5. The molecule has 0 radical (unpaired) electrons. The van der Waals surface area contributed by atoms with Gasteiger partial charge in [-0.2, -0.15) is 0 Å². The third kappa shape index (κ3) is 4.02. The topological polar surface area (TPSA) is 93.0 Å². The fourth-order valence-corrected chi connectivity index (χ4v) is 0.986. The highest BCUT2D eigenvalue weighted by Crippen LogP contribution is 2.05. The van der Waals surface area contributed by atoms with Crippen LogP contribution in [0.2, 0.25) is 0 Å². The highest BCUT2D eigenvalue weighted by atomic mass is 16.3.